The number of fused-ring (bicyclic) bond motifs is 3. The molecule has 18 heavy (non-hydrogen) atoms. The summed E-state index contributed by atoms with van der Waals surface area (Å²) in [4.78, 5) is 0. The molecule has 92 valence electrons. The SMILES string of the molecule is CCOc1ccc2c(sc3c(F)cccc32)c1F. The number of benzene rings is 2. The normalized spacial score (nSPS) is 11.3. The third-order valence-electron chi connectivity index (χ3n) is 2.82. The van der Waals surface area contributed by atoms with Gasteiger partial charge < -0.3 is 4.74 Å². The van der Waals surface area contributed by atoms with Crippen molar-refractivity contribution in [2.75, 3.05) is 6.61 Å². The van der Waals surface area contributed by atoms with Crippen LogP contribution in [0.1, 0.15) is 6.92 Å². The van der Waals surface area contributed by atoms with Crippen molar-refractivity contribution in [2.45, 2.75) is 6.92 Å². The summed E-state index contributed by atoms with van der Waals surface area (Å²) in [6.07, 6.45) is 0. The first-order valence-corrected chi connectivity index (χ1v) is 6.46. The quantitative estimate of drug-likeness (QED) is 0.650. The molecule has 0 saturated carbocycles. The Morgan fingerprint density at radius 2 is 1.83 bits per heavy atom. The Balaban J connectivity index is 2.39. The summed E-state index contributed by atoms with van der Waals surface area (Å²) < 4.78 is 34.0. The van der Waals surface area contributed by atoms with Crippen LogP contribution < -0.4 is 4.74 Å². The zero-order valence-corrected chi connectivity index (χ0v) is 10.5. The van der Waals surface area contributed by atoms with Crippen molar-refractivity contribution in [1.82, 2.24) is 0 Å². The molecular weight excluding hydrogens is 254 g/mol. The molecule has 0 atom stereocenters. The topological polar surface area (TPSA) is 9.23 Å². The predicted molar refractivity (Wildman–Crippen MR) is 70.4 cm³/mol. The van der Waals surface area contributed by atoms with Crippen LogP contribution in [0.3, 0.4) is 0 Å². The molecule has 0 saturated heterocycles. The van der Waals surface area contributed by atoms with Crippen molar-refractivity contribution in [3.8, 4) is 5.75 Å². The van der Waals surface area contributed by atoms with Crippen LogP contribution in [-0.2, 0) is 0 Å². The van der Waals surface area contributed by atoms with E-state index in [1.807, 2.05) is 0 Å². The minimum Gasteiger partial charge on any atom is -0.491 e. The summed E-state index contributed by atoms with van der Waals surface area (Å²) in [5.41, 5.74) is 0. The first-order chi connectivity index (χ1) is 8.72. The lowest BCUT2D eigenvalue weighted by Gasteiger charge is -2.04. The molecule has 3 rings (SSSR count). The van der Waals surface area contributed by atoms with Crippen molar-refractivity contribution in [3.63, 3.8) is 0 Å². The molecule has 0 unspecified atom stereocenters. The average molecular weight is 264 g/mol. The second-order valence-corrected chi connectivity index (χ2v) is 4.93. The van der Waals surface area contributed by atoms with Gasteiger partial charge in [-0.3, -0.25) is 0 Å². The highest BCUT2D eigenvalue weighted by molar-refractivity contribution is 7.25. The first-order valence-electron chi connectivity index (χ1n) is 5.64. The molecule has 4 heteroatoms. The van der Waals surface area contributed by atoms with Gasteiger partial charge in [0.05, 0.1) is 16.0 Å². The van der Waals surface area contributed by atoms with Gasteiger partial charge in [0, 0.05) is 10.8 Å². The van der Waals surface area contributed by atoms with Gasteiger partial charge in [-0.15, -0.1) is 11.3 Å². The molecule has 0 radical (unpaired) electrons. The van der Waals surface area contributed by atoms with Crippen LogP contribution >= 0.6 is 11.3 Å². The molecule has 0 aliphatic carbocycles. The molecule has 3 aromatic rings. The lowest BCUT2D eigenvalue weighted by atomic mass is 10.1. The Kier molecular flexibility index (Phi) is 2.67. The van der Waals surface area contributed by atoms with Crippen molar-refractivity contribution < 1.29 is 13.5 Å². The summed E-state index contributed by atoms with van der Waals surface area (Å²) in [6, 6.07) is 8.20. The summed E-state index contributed by atoms with van der Waals surface area (Å²) in [6.45, 7) is 2.20. The molecule has 0 fully saturated rings. The van der Waals surface area contributed by atoms with E-state index < -0.39 is 5.82 Å². The highest BCUT2D eigenvalue weighted by Crippen LogP contribution is 2.39. The maximum absolute atomic E-state index is 14.2. The molecule has 0 spiro atoms. The molecule has 0 bridgehead atoms. The number of ether oxygens (including phenoxy) is 1. The molecule has 0 aliphatic heterocycles. The van der Waals surface area contributed by atoms with E-state index in [-0.39, 0.29) is 11.6 Å². The van der Waals surface area contributed by atoms with E-state index >= 15 is 0 Å². The van der Waals surface area contributed by atoms with Crippen molar-refractivity contribution >= 4 is 31.5 Å². The zero-order chi connectivity index (χ0) is 12.7. The van der Waals surface area contributed by atoms with E-state index in [1.165, 1.54) is 6.07 Å². The number of hydrogen-bond acceptors (Lipinski definition) is 2. The largest absolute Gasteiger partial charge is 0.491 e. The average Bonchev–Trinajstić information content (AvgIpc) is 2.74. The Morgan fingerprint density at radius 3 is 2.61 bits per heavy atom. The van der Waals surface area contributed by atoms with E-state index in [4.69, 9.17) is 4.74 Å². The molecule has 2 aromatic carbocycles. The molecule has 0 amide bonds. The maximum Gasteiger partial charge on any atom is 0.182 e. The van der Waals surface area contributed by atoms with Crippen LogP contribution in [-0.4, -0.2) is 6.61 Å². The zero-order valence-electron chi connectivity index (χ0n) is 9.67. The molecule has 1 nitrogen and oxygen atoms in total. The predicted octanol–water partition coefficient (Wildman–Crippen LogP) is 4.73. The number of thiophene rings is 1. The van der Waals surface area contributed by atoms with Gasteiger partial charge in [0.2, 0.25) is 0 Å². The molecule has 0 N–H and O–H groups in total. The second-order valence-electron chi connectivity index (χ2n) is 3.91. The fraction of sp³-hybridized carbons (Fsp3) is 0.143. The third-order valence-corrected chi connectivity index (χ3v) is 4.05. The number of hydrogen-bond donors (Lipinski definition) is 0. The number of rotatable bonds is 2. The van der Waals surface area contributed by atoms with Gasteiger partial charge in [-0.1, -0.05) is 12.1 Å². The maximum atomic E-state index is 14.2. The molecule has 0 aliphatic rings. The van der Waals surface area contributed by atoms with Crippen LogP contribution in [0.2, 0.25) is 0 Å². The van der Waals surface area contributed by atoms with Gasteiger partial charge in [0.25, 0.3) is 0 Å². The van der Waals surface area contributed by atoms with E-state index in [2.05, 4.69) is 0 Å². The second kappa shape index (κ2) is 4.21. The van der Waals surface area contributed by atoms with Gasteiger partial charge >= 0.3 is 0 Å². The summed E-state index contributed by atoms with van der Waals surface area (Å²) in [7, 11) is 0. The van der Waals surface area contributed by atoms with E-state index in [0.29, 0.717) is 16.0 Å². The smallest absolute Gasteiger partial charge is 0.182 e. The minimum atomic E-state index is -0.407. The number of halogens is 2. The van der Waals surface area contributed by atoms with Gasteiger partial charge in [0.1, 0.15) is 5.82 Å². The summed E-state index contributed by atoms with van der Waals surface area (Å²) in [5.74, 6) is -0.502. The molecular formula is C14H10F2OS. The Morgan fingerprint density at radius 1 is 1.06 bits per heavy atom. The monoisotopic (exact) mass is 264 g/mol. The van der Waals surface area contributed by atoms with E-state index in [0.717, 1.165) is 22.1 Å². The van der Waals surface area contributed by atoms with Crippen LogP contribution in [0.15, 0.2) is 30.3 Å². The Hall–Kier alpha value is -1.68. The summed E-state index contributed by atoms with van der Waals surface area (Å²) >= 11 is 1.12. The first kappa shape index (κ1) is 11.4. The molecule has 1 heterocycles. The lowest BCUT2D eigenvalue weighted by Crippen LogP contribution is -1.93. The Bertz CT molecular complexity index is 733. The third kappa shape index (κ3) is 1.56. The van der Waals surface area contributed by atoms with Crippen LogP contribution in [0.4, 0.5) is 8.78 Å². The minimum absolute atomic E-state index is 0.219. The lowest BCUT2D eigenvalue weighted by molar-refractivity contribution is 0.323. The van der Waals surface area contributed by atoms with Crippen LogP contribution in [0.25, 0.3) is 20.2 Å². The fourth-order valence-corrected chi connectivity index (χ4v) is 3.18. The van der Waals surface area contributed by atoms with Crippen LogP contribution in [0.5, 0.6) is 5.75 Å². The van der Waals surface area contributed by atoms with Crippen molar-refractivity contribution in [1.29, 1.82) is 0 Å². The van der Waals surface area contributed by atoms with Crippen molar-refractivity contribution in [3.05, 3.63) is 42.0 Å². The van der Waals surface area contributed by atoms with E-state index in [1.54, 1.807) is 31.2 Å². The molecule has 1 aromatic heterocycles. The van der Waals surface area contributed by atoms with Gasteiger partial charge in [-0.05, 0) is 25.1 Å². The summed E-state index contributed by atoms with van der Waals surface area (Å²) in [5, 5.41) is 1.48. The van der Waals surface area contributed by atoms with Gasteiger partial charge in [-0.2, -0.15) is 0 Å². The standard InChI is InChI=1S/C14H10F2OS/c1-2-17-11-7-6-9-8-4-3-5-10(15)13(8)18-14(9)12(11)16/h3-7H,2H2,1H3. The highest BCUT2D eigenvalue weighted by atomic mass is 32.1. The van der Waals surface area contributed by atoms with Gasteiger partial charge in [0.15, 0.2) is 11.6 Å². The highest BCUT2D eigenvalue weighted by Gasteiger charge is 2.15. The van der Waals surface area contributed by atoms with Crippen molar-refractivity contribution in [2.24, 2.45) is 0 Å². The fourth-order valence-electron chi connectivity index (χ4n) is 2.04. The Labute approximate surface area is 107 Å². The van der Waals surface area contributed by atoms with Crippen LogP contribution in [0, 0.1) is 11.6 Å². The van der Waals surface area contributed by atoms with Gasteiger partial charge in [-0.25, -0.2) is 8.78 Å². The van der Waals surface area contributed by atoms with E-state index in [9.17, 15) is 8.78 Å².